The van der Waals surface area contributed by atoms with Gasteiger partial charge in [0.05, 0.1) is 0 Å². The van der Waals surface area contributed by atoms with E-state index in [1.807, 2.05) is 0 Å². The van der Waals surface area contributed by atoms with E-state index < -0.39 is 0 Å². The Kier molecular flexibility index (Phi) is 3.53. The molecule has 2 heterocycles. The summed E-state index contributed by atoms with van der Waals surface area (Å²) in [6.45, 7) is 5.19. The maximum atomic E-state index is 2.81. The first-order chi connectivity index (χ1) is 9.90. The van der Waals surface area contributed by atoms with Crippen LogP contribution in [0.4, 0.5) is 0 Å². The number of piperidine rings is 1. The van der Waals surface area contributed by atoms with E-state index in [9.17, 15) is 0 Å². The molecule has 2 aliphatic heterocycles. The highest BCUT2D eigenvalue weighted by molar-refractivity contribution is 5.15. The largest absolute Gasteiger partial charge is 0.299 e. The lowest BCUT2D eigenvalue weighted by atomic mass is 9.81. The van der Waals surface area contributed by atoms with Crippen LogP contribution >= 0.6 is 0 Å². The van der Waals surface area contributed by atoms with E-state index in [0.717, 1.165) is 24.5 Å². The standard InChI is InChI=1S/C18H26N2/c1-2-6-15(7-3-1)12-20-13-16-10-11-19(14-18(16)20)17-8-4-5-9-17/h1-3,6-7,16-18H,4-5,8-14H2/t16-,18-/m1/s1. The van der Waals surface area contributed by atoms with Gasteiger partial charge in [0.25, 0.3) is 0 Å². The van der Waals surface area contributed by atoms with Gasteiger partial charge in [0.1, 0.15) is 0 Å². The fraction of sp³-hybridized carbons (Fsp3) is 0.667. The van der Waals surface area contributed by atoms with Gasteiger partial charge in [-0.3, -0.25) is 9.80 Å². The molecule has 0 aromatic heterocycles. The molecule has 1 aromatic rings. The molecule has 1 saturated carbocycles. The van der Waals surface area contributed by atoms with Gasteiger partial charge in [0.2, 0.25) is 0 Å². The van der Waals surface area contributed by atoms with E-state index in [0.29, 0.717) is 0 Å². The van der Waals surface area contributed by atoms with E-state index in [-0.39, 0.29) is 0 Å². The Morgan fingerprint density at radius 3 is 2.55 bits per heavy atom. The molecule has 3 aliphatic rings. The Morgan fingerprint density at radius 2 is 1.75 bits per heavy atom. The quantitative estimate of drug-likeness (QED) is 0.832. The van der Waals surface area contributed by atoms with Crippen LogP contribution < -0.4 is 0 Å². The van der Waals surface area contributed by atoms with Gasteiger partial charge < -0.3 is 0 Å². The smallest absolute Gasteiger partial charge is 0.0267 e. The number of benzene rings is 1. The molecule has 20 heavy (non-hydrogen) atoms. The molecule has 0 amide bonds. The number of nitrogens with zero attached hydrogens (tertiary/aromatic N) is 2. The summed E-state index contributed by atoms with van der Waals surface area (Å²) in [6, 6.07) is 12.7. The molecular formula is C18H26N2. The molecule has 0 radical (unpaired) electrons. The zero-order chi connectivity index (χ0) is 13.4. The fourth-order valence-electron chi connectivity index (χ4n) is 4.53. The molecule has 1 aromatic carbocycles. The normalized spacial score (nSPS) is 32.0. The van der Waals surface area contributed by atoms with Crippen molar-refractivity contribution < 1.29 is 0 Å². The van der Waals surface area contributed by atoms with Crippen LogP contribution in [0.5, 0.6) is 0 Å². The summed E-state index contributed by atoms with van der Waals surface area (Å²) < 4.78 is 0. The highest BCUT2D eigenvalue weighted by Crippen LogP contribution is 2.36. The maximum Gasteiger partial charge on any atom is 0.0267 e. The molecule has 0 spiro atoms. The van der Waals surface area contributed by atoms with E-state index in [1.165, 1.54) is 57.3 Å². The fourth-order valence-corrected chi connectivity index (χ4v) is 4.53. The number of fused-ring (bicyclic) bond motifs is 1. The van der Waals surface area contributed by atoms with E-state index >= 15 is 0 Å². The van der Waals surface area contributed by atoms with Crippen molar-refractivity contribution in [2.75, 3.05) is 19.6 Å². The minimum absolute atomic E-state index is 0.838. The Morgan fingerprint density at radius 1 is 0.950 bits per heavy atom. The summed E-state index contributed by atoms with van der Waals surface area (Å²) in [4.78, 5) is 5.52. The Hall–Kier alpha value is -0.860. The van der Waals surface area contributed by atoms with Gasteiger partial charge in [0.15, 0.2) is 0 Å². The molecule has 4 rings (SSSR count). The van der Waals surface area contributed by atoms with Crippen LogP contribution in [-0.2, 0) is 6.54 Å². The van der Waals surface area contributed by atoms with Crippen molar-refractivity contribution >= 4 is 0 Å². The van der Waals surface area contributed by atoms with Crippen molar-refractivity contribution in [3.05, 3.63) is 35.9 Å². The molecule has 2 nitrogen and oxygen atoms in total. The molecule has 0 bridgehead atoms. The van der Waals surface area contributed by atoms with Crippen molar-refractivity contribution in [1.29, 1.82) is 0 Å². The van der Waals surface area contributed by atoms with Crippen molar-refractivity contribution in [3.8, 4) is 0 Å². The molecule has 2 saturated heterocycles. The molecule has 2 atom stereocenters. The monoisotopic (exact) mass is 270 g/mol. The number of hydrogen-bond acceptors (Lipinski definition) is 2. The van der Waals surface area contributed by atoms with Crippen LogP contribution in [0.2, 0.25) is 0 Å². The third-order valence-corrected chi connectivity index (χ3v) is 5.76. The minimum atomic E-state index is 0.838. The number of likely N-dealkylation sites (tertiary alicyclic amines) is 2. The van der Waals surface area contributed by atoms with Crippen molar-refractivity contribution in [2.24, 2.45) is 5.92 Å². The zero-order valence-corrected chi connectivity index (χ0v) is 12.4. The topological polar surface area (TPSA) is 6.48 Å². The first kappa shape index (κ1) is 12.8. The van der Waals surface area contributed by atoms with Crippen LogP contribution in [0.1, 0.15) is 37.7 Å². The Labute approximate surface area is 122 Å². The second kappa shape index (κ2) is 5.50. The van der Waals surface area contributed by atoms with Crippen LogP contribution in [0.15, 0.2) is 30.3 Å². The number of rotatable bonds is 3. The van der Waals surface area contributed by atoms with Gasteiger partial charge in [-0.1, -0.05) is 43.2 Å². The number of hydrogen-bond donors (Lipinski definition) is 0. The van der Waals surface area contributed by atoms with Gasteiger partial charge >= 0.3 is 0 Å². The SMILES string of the molecule is c1ccc(CN2C[C@H]3CCN(C4CCCC4)C[C@H]32)cc1. The van der Waals surface area contributed by atoms with Crippen LogP contribution in [0.25, 0.3) is 0 Å². The predicted octanol–water partition coefficient (Wildman–Crippen LogP) is 3.14. The highest BCUT2D eigenvalue weighted by Gasteiger charge is 2.43. The van der Waals surface area contributed by atoms with Gasteiger partial charge in [-0.15, -0.1) is 0 Å². The zero-order valence-electron chi connectivity index (χ0n) is 12.4. The van der Waals surface area contributed by atoms with Crippen molar-refractivity contribution in [2.45, 2.75) is 50.7 Å². The summed E-state index contributed by atoms with van der Waals surface area (Å²) in [7, 11) is 0. The first-order valence-corrected chi connectivity index (χ1v) is 8.42. The van der Waals surface area contributed by atoms with Gasteiger partial charge in [-0.05, 0) is 37.3 Å². The molecule has 0 N–H and O–H groups in total. The average Bonchev–Trinajstić information content (AvgIpc) is 3.00. The lowest BCUT2D eigenvalue weighted by Crippen LogP contribution is -2.64. The van der Waals surface area contributed by atoms with Gasteiger partial charge in [-0.2, -0.15) is 0 Å². The maximum absolute atomic E-state index is 2.81. The summed E-state index contributed by atoms with van der Waals surface area (Å²) in [5.41, 5.74) is 1.48. The lowest BCUT2D eigenvalue weighted by molar-refractivity contribution is -0.0592. The van der Waals surface area contributed by atoms with Crippen molar-refractivity contribution in [3.63, 3.8) is 0 Å². The Bertz CT molecular complexity index is 438. The third-order valence-electron chi connectivity index (χ3n) is 5.76. The summed E-state index contributed by atoms with van der Waals surface area (Å²) in [6.07, 6.45) is 7.27. The molecular weight excluding hydrogens is 244 g/mol. The van der Waals surface area contributed by atoms with E-state index in [4.69, 9.17) is 0 Å². The summed E-state index contributed by atoms with van der Waals surface area (Å²) in [5.74, 6) is 0.983. The van der Waals surface area contributed by atoms with Crippen LogP contribution in [0.3, 0.4) is 0 Å². The molecule has 108 valence electrons. The highest BCUT2D eigenvalue weighted by atomic mass is 15.3. The molecule has 0 unspecified atom stereocenters. The van der Waals surface area contributed by atoms with E-state index in [2.05, 4.69) is 40.1 Å². The second-order valence-corrected chi connectivity index (χ2v) is 6.96. The predicted molar refractivity (Wildman–Crippen MR) is 82.6 cm³/mol. The minimum Gasteiger partial charge on any atom is -0.299 e. The molecule has 1 aliphatic carbocycles. The van der Waals surface area contributed by atoms with E-state index in [1.54, 1.807) is 0 Å². The van der Waals surface area contributed by atoms with Crippen molar-refractivity contribution in [1.82, 2.24) is 9.80 Å². The Balaban J connectivity index is 1.37. The van der Waals surface area contributed by atoms with Crippen LogP contribution in [0, 0.1) is 5.92 Å². The average molecular weight is 270 g/mol. The van der Waals surface area contributed by atoms with Gasteiger partial charge in [-0.25, -0.2) is 0 Å². The van der Waals surface area contributed by atoms with Gasteiger partial charge in [0, 0.05) is 31.7 Å². The third kappa shape index (κ3) is 2.40. The summed E-state index contributed by atoms with van der Waals surface area (Å²) >= 11 is 0. The second-order valence-electron chi connectivity index (χ2n) is 6.96. The molecule has 2 heteroatoms. The lowest BCUT2D eigenvalue weighted by Gasteiger charge is -2.54. The molecule has 3 fully saturated rings. The van der Waals surface area contributed by atoms with Crippen LogP contribution in [-0.4, -0.2) is 41.5 Å². The summed E-state index contributed by atoms with van der Waals surface area (Å²) in [5, 5.41) is 0. The first-order valence-electron chi connectivity index (χ1n) is 8.42.